The maximum atomic E-state index is 13.2. The fourth-order valence-electron chi connectivity index (χ4n) is 4.94. The van der Waals surface area contributed by atoms with Crippen molar-refractivity contribution in [2.45, 2.75) is 50.7 Å². The van der Waals surface area contributed by atoms with Crippen molar-refractivity contribution in [1.82, 2.24) is 10.6 Å². The largest absolute Gasteiger partial charge is 0.497 e. The molecule has 1 atom stereocenters. The van der Waals surface area contributed by atoms with E-state index in [1.165, 1.54) is 12.1 Å². The number of halogens is 4. The molecule has 2 amide bonds. The predicted octanol–water partition coefficient (Wildman–Crippen LogP) is 6.92. The average molecular weight is 592 g/mol. The van der Waals surface area contributed by atoms with Crippen LogP contribution in [0.1, 0.15) is 54.6 Å². The number of amides is 2. The van der Waals surface area contributed by atoms with E-state index in [0.29, 0.717) is 25.4 Å². The average Bonchev–Trinajstić information content (AvgIpc) is 3.46. The number of rotatable bonds is 11. The molecule has 0 unspecified atom stereocenters. The van der Waals surface area contributed by atoms with Crippen LogP contribution in [0.25, 0.3) is 11.3 Å². The van der Waals surface area contributed by atoms with Crippen LogP contribution in [-0.4, -0.2) is 38.1 Å². The Morgan fingerprint density at radius 2 is 1.76 bits per heavy atom. The highest BCUT2D eigenvalue weighted by atomic mass is 35.5. The number of alkyl halides is 3. The van der Waals surface area contributed by atoms with E-state index in [0.717, 1.165) is 61.7 Å². The van der Waals surface area contributed by atoms with E-state index in [9.17, 15) is 22.8 Å². The SMILES string of the molecule is COc1ccc(NCCNC(=O)[C@H](CC2CCCCC2)NC(=O)c2ccc(-c3cc(C(F)(F)F)ccc3Cl)o2)cc1. The number of methoxy groups -OCH3 is 1. The zero-order chi connectivity index (χ0) is 29.4. The molecule has 7 nitrogen and oxygen atoms in total. The van der Waals surface area contributed by atoms with Crippen molar-refractivity contribution in [2.75, 3.05) is 25.5 Å². The smallest absolute Gasteiger partial charge is 0.416 e. The zero-order valence-electron chi connectivity index (χ0n) is 22.7. The number of benzene rings is 2. The van der Waals surface area contributed by atoms with Crippen LogP contribution in [0.4, 0.5) is 18.9 Å². The van der Waals surface area contributed by atoms with Crippen LogP contribution in [0.2, 0.25) is 5.02 Å². The molecule has 4 rings (SSSR count). The van der Waals surface area contributed by atoms with Gasteiger partial charge in [-0.25, -0.2) is 0 Å². The predicted molar refractivity (Wildman–Crippen MR) is 151 cm³/mol. The Hall–Kier alpha value is -3.66. The molecule has 0 saturated heterocycles. The van der Waals surface area contributed by atoms with Gasteiger partial charge in [0, 0.05) is 24.3 Å². The number of hydrogen-bond donors (Lipinski definition) is 3. The molecule has 0 spiro atoms. The van der Waals surface area contributed by atoms with E-state index in [2.05, 4.69) is 16.0 Å². The van der Waals surface area contributed by atoms with Gasteiger partial charge in [-0.3, -0.25) is 9.59 Å². The highest BCUT2D eigenvalue weighted by Gasteiger charge is 2.32. The molecule has 41 heavy (non-hydrogen) atoms. The first-order valence-corrected chi connectivity index (χ1v) is 14.0. The fourth-order valence-corrected chi connectivity index (χ4v) is 5.15. The molecule has 220 valence electrons. The van der Waals surface area contributed by atoms with Crippen molar-refractivity contribution in [3.05, 3.63) is 70.9 Å². The van der Waals surface area contributed by atoms with Crippen LogP contribution in [0.5, 0.6) is 5.75 Å². The van der Waals surface area contributed by atoms with E-state index in [-0.39, 0.29) is 28.0 Å². The van der Waals surface area contributed by atoms with Crippen LogP contribution in [0.3, 0.4) is 0 Å². The zero-order valence-corrected chi connectivity index (χ0v) is 23.4. The Balaban J connectivity index is 1.40. The lowest BCUT2D eigenvalue weighted by Gasteiger charge is -2.26. The van der Waals surface area contributed by atoms with Crippen molar-refractivity contribution in [2.24, 2.45) is 5.92 Å². The Labute approximate surface area is 241 Å². The van der Waals surface area contributed by atoms with Gasteiger partial charge >= 0.3 is 6.18 Å². The summed E-state index contributed by atoms with van der Waals surface area (Å²) in [5, 5.41) is 8.93. The summed E-state index contributed by atoms with van der Waals surface area (Å²) < 4.78 is 50.4. The maximum absolute atomic E-state index is 13.2. The molecule has 1 aliphatic carbocycles. The third-order valence-corrected chi connectivity index (χ3v) is 7.48. The lowest BCUT2D eigenvalue weighted by atomic mass is 9.84. The van der Waals surface area contributed by atoms with Gasteiger partial charge in [0.2, 0.25) is 5.91 Å². The first kappa shape index (κ1) is 30.3. The minimum atomic E-state index is -4.56. The van der Waals surface area contributed by atoms with E-state index >= 15 is 0 Å². The summed E-state index contributed by atoms with van der Waals surface area (Å²) in [5.74, 6) is -0.0138. The lowest BCUT2D eigenvalue weighted by molar-refractivity contribution is -0.137. The molecule has 0 aliphatic heterocycles. The molecule has 3 aromatic rings. The van der Waals surface area contributed by atoms with Gasteiger partial charge in [0.1, 0.15) is 17.6 Å². The molecule has 11 heteroatoms. The number of carbonyl (C=O) groups is 2. The third kappa shape index (κ3) is 8.42. The molecule has 0 radical (unpaired) electrons. The minimum Gasteiger partial charge on any atom is -0.497 e. The van der Waals surface area contributed by atoms with E-state index < -0.39 is 23.7 Å². The molecule has 2 aromatic carbocycles. The van der Waals surface area contributed by atoms with Gasteiger partial charge in [-0.05, 0) is 66.9 Å². The second-order valence-electron chi connectivity index (χ2n) is 10.1. The van der Waals surface area contributed by atoms with E-state index in [1.54, 1.807) is 7.11 Å². The molecular formula is C30H33ClF3N3O4. The third-order valence-electron chi connectivity index (χ3n) is 7.15. The van der Waals surface area contributed by atoms with E-state index in [4.69, 9.17) is 20.8 Å². The minimum absolute atomic E-state index is 0.0152. The Morgan fingerprint density at radius 1 is 1.02 bits per heavy atom. The van der Waals surface area contributed by atoms with Gasteiger partial charge in [-0.15, -0.1) is 0 Å². The molecule has 1 fully saturated rings. The topological polar surface area (TPSA) is 92.6 Å². The van der Waals surface area contributed by atoms with Crippen LogP contribution in [-0.2, 0) is 11.0 Å². The highest BCUT2D eigenvalue weighted by molar-refractivity contribution is 6.33. The highest BCUT2D eigenvalue weighted by Crippen LogP contribution is 2.36. The van der Waals surface area contributed by atoms with Gasteiger partial charge in [0.05, 0.1) is 17.7 Å². The number of hydrogen-bond acceptors (Lipinski definition) is 5. The fraction of sp³-hybridized carbons (Fsp3) is 0.400. The first-order chi connectivity index (χ1) is 19.6. The second kappa shape index (κ2) is 13.8. The van der Waals surface area contributed by atoms with Gasteiger partial charge in [-0.1, -0.05) is 43.7 Å². The van der Waals surface area contributed by atoms with Crippen molar-refractivity contribution < 1.29 is 31.9 Å². The number of ether oxygens (including phenoxy) is 1. The summed E-state index contributed by atoms with van der Waals surface area (Å²) in [6.07, 6.45) is 1.21. The molecule has 3 N–H and O–H groups in total. The number of anilines is 1. The second-order valence-corrected chi connectivity index (χ2v) is 10.5. The monoisotopic (exact) mass is 591 g/mol. The van der Waals surface area contributed by atoms with Crippen molar-refractivity contribution in [3.8, 4) is 17.1 Å². The maximum Gasteiger partial charge on any atom is 0.416 e. The summed E-state index contributed by atoms with van der Waals surface area (Å²) >= 11 is 6.13. The lowest BCUT2D eigenvalue weighted by Crippen LogP contribution is -2.48. The van der Waals surface area contributed by atoms with E-state index in [1.807, 2.05) is 24.3 Å². The van der Waals surface area contributed by atoms with Crippen LogP contribution < -0.4 is 20.7 Å². The summed E-state index contributed by atoms with van der Waals surface area (Å²) in [4.78, 5) is 26.3. The van der Waals surface area contributed by atoms with Crippen molar-refractivity contribution in [3.63, 3.8) is 0 Å². The number of nitrogens with one attached hydrogen (secondary N) is 3. The Kier molecular flexibility index (Phi) is 10.2. The quantitative estimate of drug-likeness (QED) is 0.210. The first-order valence-electron chi connectivity index (χ1n) is 13.6. The van der Waals surface area contributed by atoms with Crippen LogP contribution in [0.15, 0.2) is 59.0 Å². The molecule has 1 heterocycles. The number of furan rings is 1. The molecule has 1 aliphatic rings. The van der Waals surface area contributed by atoms with Crippen molar-refractivity contribution in [1.29, 1.82) is 0 Å². The van der Waals surface area contributed by atoms with Crippen LogP contribution >= 0.6 is 11.6 Å². The van der Waals surface area contributed by atoms with Crippen LogP contribution in [0, 0.1) is 5.92 Å². The van der Waals surface area contributed by atoms with Crippen molar-refractivity contribution >= 4 is 29.1 Å². The summed E-state index contributed by atoms with van der Waals surface area (Å²) in [7, 11) is 1.59. The Morgan fingerprint density at radius 3 is 2.44 bits per heavy atom. The Bertz CT molecular complexity index is 1320. The standard InChI is InChI=1S/C30H33ClF3N3O4/c1-40-22-10-8-21(9-11-22)35-15-16-36-28(38)25(17-19-5-3-2-4-6-19)37-29(39)27-14-13-26(41-27)23-18-20(30(32,33)34)7-12-24(23)31/h7-14,18-19,25,35H,2-6,15-17H2,1H3,(H,36,38)(H,37,39)/t25-/m0/s1. The number of carbonyl (C=O) groups excluding carboxylic acids is 2. The molecular weight excluding hydrogens is 559 g/mol. The summed E-state index contributed by atoms with van der Waals surface area (Å²) in [6, 6.07) is 12.2. The molecule has 0 bridgehead atoms. The van der Waals surface area contributed by atoms with Gasteiger partial charge < -0.3 is 25.1 Å². The van der Waals surface area contributed by atoms with Gasteiger partial charge in [0.15, 0.2) is 5.76 Å². The normalized spacial score (nSPS) is 14.8. The summed E-state index contributed by atoms with van der Waals surface area (Å²) in [6.45, 7) is 0.808. The molecule has 1 aromatic heterocycles. The summed E-state index contributed by atoms with van der Waals surface area (Å²) in [5.41, 5.74) is 0.00741. The molecule has 1 saturated carbocycles. The van der Waals surface area contributed by atoms with Gasteiger partial charge in [0.25, 0.3) is 5.91 Å². The van der Waals surface area contributed by atoms with Gasteiger partial charge in [-0.2, -0.15) is 13.2 Å².